The van der Waals surface area contributed by atoms with Crippen LogP contribution in [0.15, 0.2) is 35.2 Å². The highest BCUT2D eigenvalue weighted by atomic mass is 32.2. The molecule has 47 heavy (non-hydrogen) atoms. The molecule has 0 radical (unpaired) electrons. The molecule has 8 rings (SSSR count). The minimum atomic E-state index is -3.48. The Labute approximate surface area is 272 Å². The Balaban J connectivity index is 1.16. The van der Waals surface area contributed by atoms with Crippen LogP contribution in [0.1, 0.15) is 62.9 Å². The number of sulfone groups is 1. The number of likely N-dealkylation sites (tertiary alicyclic amines) is 1. The van der Waals surface area contributed by atoms with E-state index in [4.69, 9.17) is 9.72 Å². The van der Waals surface area contributed by atoms with E-state index in [1.165, 1.54) is 12.3 Å². The standard InChI is InChI=1S/C34H39FN6O5S/c1-34(2,3)46-33(43)38-27-19-8-10-23(27)40(16-19)32(42)20-12-21(35)30-22(13-20)37-31(39(30)4)24-14-18-9-11-26(47(5,44)45)28-29(18)41(24)25(15-36-28)17-6-7-17/h9,11-14,17,19,23,25,27,36H,6-8,10,15-16H2,1-5H3,(H,38,43)/t19-,23-,25?,27-/m1/s1. The highest BCUT2D eigenvalue weighted by molar-refractivity contribution is 7.90. The first kappa shape index (κ1) is 30.2. The number of benzene rings is 2. The maximum atomic E-state index is 16.0. The lowest BCUT2D eigenvalue weighted by Crippen LogP contribution is -2.46. The van der Waals surface area contributed by atoms with E-state index in [1.807, 2.05) is 32.9 Å². The van der Waals surface area contributed by atoms with Gasteiger partial charge in [-0.3, -0.25) is 4.79 Å². The number of nitrogens with one attached hydrogen (secondary N) is 2. The van der Waals surface area contributed by atoms with Crippen LogP contribution in [0.25, 0.3) is 33.5 Å². The second-order valence-corrected chi connectivity index (χ2v) is 16.7. The number of fused-ring (bicyclic) bond motifs is 3. The molecule has 2 amide bonds. The average Bonchev–Trinajstić information content (AvgIpc) is 3.39. The summed E-state index contributed by atoms with van der Waals surface area (Å²) in [7, 11) is -1.71. The molecule has 2 aliphatic heterocycles. The summed E-state index contributed by atoms with van der Waals surface area (Å²) in [5.74, 6) is 0.263. The van der Waals surface area contributed by atoms with E-state index in [0.717, 1.165) is 42.3 Å². The summed E-state index contributed by atoms with van der Waals surface area (Å²) in [5.41, 5.74) is 2.42. The number of aromatic nitrogens is 3. The van der Waals surface area contributed by atoms with Gasteiger partial charge in [0.1, 0.15) is 16.9 Å². The molecule has 3 fully saturated rings. The zero-order chi connectivity index (χ0) is 33.2. The number of nitrogens with zero attached hydrogens (tertiary/aromatic N) is 4. The van der Waals surface area contributed by atoms with Crippen molar-refractivity contribution in [2.24, 2.45) is 18.9 Å². The van der Waals surface area contributed by atoms with Crippen molar-refractivity contribution < 1.29 is 27.1 Å². The third-order valence-electron chi connectivity index (χ3n) is 10.3. The first-order valence-corrected chi connectivity index (χ1v) is 18.2. The van der Waals surface area contributed by atoms with Gasteiger partial charge in [0.25, 0.3) is 5.91 Å². The molecule has 4 aliphatic rings. The first-order valence-electron chi connectivity index (χ1n) is 16.3. The minimum Gasteiger partial charge on any atom is -0.444 e. The first-order chi connectivity index (χ1) is 22.2. The monoisotopic (exact) mass is 662 g/mol. The fraction of sp³-hybridized carbons (Fsp3) is 0.500. The van der Waals surface area contributed by atoms with Crippen molar-refractivity contribution >= 4 is 49.5 Å². The number of ether oxygens (including phenoxy) is 1. The Bertz CT molecular complexity index is 2110. The number of carbonyl (C=O) groups excluding carboxylic acids is 2. The Hall–Kier alpha value is -4.13. The van der Waals surface area contributed by atoms with Gasteiger partial charge >= 0.3 is 6.09 Å². The molecular weight excluding hydrogens is 623 g/mol. The van der Waals surface area contributed by atoms with Gasteiger partial charge in [0, 0.05) is 37.3 Å². The second-order valence-electron chi connectivity index (χ2n) is 14.7. The molecule has 2 bridgehead atoms. The number of piperidine rings is 1. The van der Waals surface area contributed by atoms with Crippen molar-refractivity contribution in [2.75, 3.05) is 24.7 Å². The van der Waals surface area contributed by atoms with Crippen molar-refractivity contribution in [2.45, 2.75) is 75.1 Å². The smallest absolute Gasteiger partial charge is 0.407 e. The molecule has 13 heteroatoms. The van der Waals surface area contributed by atoms with E-state index in [2.05, 4.69) is 15.2 Å². The van der Waals surface area contributed by atoms with Crippen LogP contribution in [0.4, 0.5) is 14.9 Å². The molecule has 2 aromatic carbocycles. The van der Waals surface area contributed by atoms with Gasteiger partial charge in [-0.2, -0.15) is 0 Å². The number of anilines is 1. The van der Waals surface area contributed by atoms with Crippen LogP contribution in [0.3, 0.4) is 0 Å². The summed E-state index contributed by atoms with van der Waals surface area (Å²) in [6, 6.07) is 8.07. The molecule has 1 unspecified atom stereocenters. The molecule has 1 saturated heterocycles. The van der Waals surface area contributed by atoms with Gasteiger partial charge < -0.3 is 29.4 Å². The Morgan fingerprint density at radius 1 is 1.04 bits per heavy atom. The lowest BCUT2D eigenvalue weighted by Gasteiger charge is -2.30. The molecule has 2 aliphatic carbocycles. The molecule has 4 heterocycles. The van der Waals surface area contributed by atoms with Crippen LogP contribution in [-0.2, 0) is 21.6 Å². The zero-order valence-corrected chi connectivity index (χ0v) is 27.9. The van der Waals surface area contributed by atoms with Crippen molar-refractivity contribution in [1.82, 2.24) is 24.3 Å². The highest BCUT2D eigenvalue weighted by Gasteiger charge is 2.50. The van der Waals surface area contributed by atoms with Crippen LogP contribution in [0.2, 0.25) is 0 Å². The van der Waals surface area contributed by atoms with Crippen LogP contribution in [0.5, 0.6) is 0 Å². The van der Waals surface area contributed by atoms with Crippen LogP contribution in [0, 0.1) is 17.7 Å². The summed E-state index contributed by atoms with van der Waals surface area (Å²) in [6.45, 7) is 6.49. The SMILES string of the molecule is Cn1c(-c2cc3ccc(S(C)(=O)=O)c4c3n2C(C2CC2)CN4)nc2cc(C(=O)N3C[C@H]4CC[C@@H]3[C@@H]4NC(=O)OC(C)(C)C)cc(F)c21. The lowest BCUT2D eigenvalue weighted by molar-refractivity contribution is 0.0485. The van der Waals surface area contributed by atoms with Gasteiger partial charge in [0.05, 0.1) is 45.4 Å². The number of imidazole rings is 1. The van der Waals surface area contributed by atoms with Crippen molar-refractivity contribution in [3.05, 3.63) is 41.7 Å². The number of halogens is 1. The molecular formula is C34H39FN6O5S. The summed E-state index contributed by atoms with van der Waals surface area (Å²) in [4.78, 5) is 33.3. The van der Waals surface area contributed by atoms with Crippen LogP contribution in [-0.4, -0.2) is 76.5 Å². The Kier molecular flexibility index (Phi) is 6.55. The molecule has 4 atom stereocenters. The van der Waals surface area contributed by atoms with Crippen molar-refractivity contribution in [1.29, 1.82) is 0 Å². The average molecular weight is 663 g/mol. The molecule has 4 aromatic rings. The molecule has 2 saturated carbocycles. The third-order valence-corrected chi connectivity index (χ3v) is 11.4. The number of aryl methyl sites for hydroxylation is 1. The van der Waals surface area contributed by atoms with Crippen LogP contribution >= 0.6 is 0 Å². The van der Waals surface area contributed by atoms with Gasteiger partial charge in [-0.15, -0.1) is 0 Å². The summed E-state index contributed by atoms with van der Waals surface area (Å²) >= 11 is 0. The zero-order valence-electron chi connectivity index (χ0n) is 27.1. The van der Waals surface area contributed by atoms with Crippen molar-refractivity contribution in [3.8, 4) is 11.5 Å². The van der Waals surface area contributed by atoms with Crippen molar-refractivity contribution in [3.63, 3.8) is 0 Å². The fourth-order valence-electron chi connectivity index (χ4n) is 8.16. The van der Waals surface area contributed by atoms with Gasteiger partial charge in [-0.25, -0.2) is 22.6 Å². The Morgan fingerprint density at radius 2 is 1.79 bits per heavy atom. The summed E-state index contributed by atoms with van der Waals surface area (Å²) in [5, 5.41) is 7.26. The number of hydrogen-bond acceptors (Lipinski definition) is 7. The van der Waals surface area contributed by atoms with E-state index < -0.39 is 27.3 Å². The molecule has 2 aromatic heterocycles. The van der Waals surface area contributed by atoms with E-state index >= 15 is 4.39 Å². The topological polar surface area (TPSA) is 128 Å². The lowest BCUT2D eigenvalue weighted by atomic mass is 10.1. The highest BCUT2D eigenvalue weighted by Crippen LogP contribution is 2.49. The van der Waals surface area contributed by atoms with Gasteiger partial charge in [0.15, 0.2) is 15.7 Å². The van der Waals surface area contributed by atoms with Crippen LogP contribution < -0.4 is 10.6 Å². The largest absolute Gasteiger partial charge is 0.444 e. The van der Waals surface area contributed by atoms with E-state index in [9.17, 15) is 18.0 Å². The molecule has 248 valence electrons. The Morgan fingerprint density at radius 3 is 2.49 bits per heavy atom. The molecule has 0 spiro atoms. The number of hydrogen-bond donors (Lipinski definition) is 2. The third kappa shape index (κ3) is 4.87. The summed E-state index contributed by atoms with van der Waals surface area (Å²) < 4.78 is 50.7. The number of carbonyl (C=O) groups is 2. The minimum absolute atomic E-state index is 0.0967. The van der Waals surface area contributed by atoms with E-state index in [0.29, 0.717) is 36.0 Å². The normalized spacial score (nSPS) is 23.8. The molecule has 2 N–H and O–H groups in total. The number of rotatable bonds is 5. The fourth-order valence-corrected chi connectivity index (χ4v) is 9.02. The van der Waals surface area contributed by atoms with Gasteiger partial charge in [0.2, 0.25) is 0 Å². The maximum absolute atomic E-state index is 16.0. The quantitative estimate of drug-likeness (QED) is 0.299. The van der Waals surface area contributed by atoms with E-state index in [-0.39, 0.29) is 45.9 Å². The van der Waals surface area contributed by atoms with E-state index in [1.54, 1.807) is 28.6 Å². The summed E-state index contributed by atoms with van der Waals surface area (Å²) in [6.07, 6.45) is 4.53. The predicted octanol–water partition coefficient (Wildman–Crippen LogP) is 5.24. The van der Waals surface area contributed by atoms with Gasteiger partial charge in [-0.1, -0.05) is 6.07 Å². The number of amides is 2. The van der Waals surface area contributed by atoms with Gasteiger partial charge in [-0.05, 0) is 82.6 Å². The number of alkyl carbamates (subject to hydrolysis) is 1. The predicted molar refractivity (Wildman–Crippen MR) is 176 cm³/mol. The second kappa shape index (κ2) is 10.2. The molecule has 11 nitrogen and oxygen atoms in total. The maximum Gasteiger partial charge on any atom is 0.407 e.